The number of nitrogens with one attached hydrogen (secondary N) is 2. The van der Waals surface area contributed by atoms with Crippen molar-refractivity contribution in [1.82, 2.24) is 19.9 Å². The maximum atomic E-state index is 12.0. The Morgan fingerprint density at radius 1 is 1.35 bits per heavy atom. The van der Waals surface area contributed by atoms with E-state index in [0.717, 1.165) is 11.2 Å². The molecule has 6 nitrogen and oxygen atoms in total. The van der Waals surface area contributed by atoms with Gasteiger partial charge in [0.05, 0.1) is 0 Å². The first-order valence-corrected chi connectivity index (χ1v) is 6.66. The van der Waals surface area contributed by atoms with Crippen LogP contribution in [-0.4, -0.2) is 32.1 Å². The predicted molar refractivity (Wildman–Crippen MR) is 78.7 cm³/mol. The number of carbonyl (C=O) groups excluding carboxylic acids is 1. The summed E-state index contributed by atoms with van der Waals surface area (Å²) in [4.78, 5) is 16.3. The summed E-state index contributed by atoms with van der Waals surface area (Å²) >= 11 is 0. The molecule has 0 aliphatic rings. The SMILES string of the molecule is Cc1ccc2nc(NC(C)C(=O)NC(C)(C)C)nn2c1. The molecule has 0 bridgehead atoms. The van der Waals surface area contributed by atoms with E-state index in [1.165, 1.54) is 0 Å². The largest absolute Gasteiger partial charge is 0.350 e. The minimum absolute atomic E-state index is 0.0764. The molecule has 6 heteroatoms. The van der Waals surface area contributed by atoms with E-state index >= 15 is 0 Å². The highest BCUT2D eigenvalue weighted by Crippen LogP contribution is 2.08. The van der Waals surface area contributed by atoms with Crippen molar-refractivity contribution in [1.29, 1.82) is 0 Å². The third kappa shape index (κ3) is 3.46. The van der Waals surface area contributed by atoms with Gasteiger partial charge in [-0.1, -0.05) is 6.07 Å². The molecule has 0 saturated carbocycles. The van der Waals surface area contributed by atoms with E-state index in [1.54, 1.807) is 11.4 Å². The summed E-state index contributed by atoms with van der Waals surface area (Å²) in [5.74, 6) is 0.375. The van der Waals surface area contributed by atoms with Gasteiger partial charge in [0.1, 0.15) is 6.04 Å². The zero-order chi connectivity index (χ0) is 14.9. The fourth-order valence-electron chi connectivity index (χ4n) is 1.78. The molecule has 1 amide bonds. The predicted octanol–water partition coefficient (Wildman–Crippen LogP) is 1.75. The average molecular weight is 275 g/mol. The Kier molecular flexibility index (Phi) is 3.65. The number of amides is 1. The van der Waals surface area contributed by atoms with Crippen molar-refractivity contribution < 1.29 is 4.79 Å². The van der Waals surface area contributed by atoms with E-state index in [0.29, 0.717) is 5.95 Å². The molecule has 0 aromatic carbocycles. The third-order valence-electron chi connectivity index (χ3n) is 2.72. The number of anilines is 1. The monoisotopic (exact) mass is 275 g/mol. The van der Waals surface area contributed by atoms with Crippen LogP contribution < -0.4 is 10.6 Å². The number of fused-ring (bicyclic) bond motifs is 1. The van der Waals surface area contributed by atoms with Gasteiger partial charge in [-0.3, -0.25) is 4.79 Å². The fourth-order valence-corrected chi connectivity index (χ4v) is 1.78. The van der Waals surface area contributed by atoms with Crippen LogP contribution in [0.25, 0.3) is 5.65 Å². The summed E-state index contributed by atoms with van der Waals surface area (Å²) < 4.78 is 1.70. The summed E-state index contributed by atoms with van der Waals surface area (Å²) in [6.07, 6.45) is 1.90. The second-order valence-electron chi connectivity index (χ2n) is 6.05. The minimum atomic E-state index is -0.396. The van der Waals surface area contributed by atoms with Crippen LogP contribution in [0.15, 0.2) is 18.3 Å². The lowest BCUT2D eigenvalue weighted by atomic mass is 10.1. The van der Waals surface area contributed by atoms with E-state index in [-0.39, 0.29) is 11.4 Å². The van der Waals surface area contributed by atoms with Crippen molar-refractivity contribution >= 4 is 17.5 Å². The van der Waals surface area contributed by atoms with Gasteiger partial charge < -0.3 is 10.6 Å². The van der Waals surface area contributed by atoms with Crippen molar-refractivity contribution in [3.05, 3.63) is 23.9 Å². The van der Waals surface area contributed by atoms with Crippen molar-refractivity contribution in [3.63, 3.8) is 0 Å². The molecular formula is C14H21N5O. The average Bonchev–Trinajstić information content (AvgIpc) is 2.67. The van der Waals surface area contributed by atoms with Crippen LogP contribution in [-0.2, 0) is 4.79 Å². The first-order chi connectivity index (χ1) is 9.24. The first-order valence-electron chi connectivity index (χ1n) is 6.66. The molecule has 1 atom stereocenters. The van der Waals surface area contributed by atoms with E-state index < -0.39 is 6.04 Å². The maximum absolute atomic E-state index is 12.0. The Morgan fingerprint density at radius 3 is 2.70 bits per heavy atom. The third-order valence-corrected chi connectivity index (χ3v) is 2.72. The summed E-state index contributed by atoms with van der Waals surface area (Å²) in [6, 6.07) is 3.48. The van der Waals surface area contributed by atoms with Crippen molar-refractivity contribution in [3.8, 4) is 0 Å². The van der Waals surface area contributed by atoms with E-state index in [4.69, 9.17) is 0 Å². The van der Waals surface area contributed by atoms with Gasteiger partial charge in [-0.15, -0.1) is 5.10 Å². The van der Waals surface area contributed by atoms with Crippen LogP contribution in [0.3, 0.4) is 0 Å². The molecule has 2 N–H and O–H groups in total. The lowest BCUT2D eigenvalue weighted by Crippen LogP contribution is -2.47. The Morgan fingerprint density at radius 2 is 2.05 bits per heavy atom. The number of carbonyl (C=O) groups is 1. The van der Waals surface area contributed by atoms with E-state index in [9.17, 15) is 4.79 Å². The van der Waals surface area contributed by atoms with Gasteiger partial charge in [0.25, 0.3) is 0 Å². The molecule has 2 heterocycles. The van der Waals surface area contributed by atoms with Crippen LogP contribution in [0.4, 0.5) is 5.95 Å². The number of hydrogen-bond donors (Lipinski definition) is 2. The molecule has 108 valence electrons. The smallest absolute Gasteiger partial charge is 0.243 e. The normalized spacial score (nSPS) is 13.2. The van der Waals surface area contributed by atoms with Gasteiger partial charge in [-0.25, -0.2) is 4.52 Å². The molecule has 0 aliphatic heterocycles. The van der Waals surface area contributed by atoms with Gasteiger partial charge in [0.2, 0.25) is 11.9 Å². The van der Waals surface area contributed by atoms with Crippen LogP contribution in [0.5, 0.6) is 0 Å². The number of aromatic nitrogens is 3. The molecular weight excluding hydrogens is 254 g/mol. The highest BCUT2D eigenvalue weighted by molar-refractivity contribution is 5.84. The molecule has 2 aromatic heterocycles. The Balaban J connectivity index is 2.09. The highest BCUT2D eigenvalue weighted by Gasteiger charge is 2.20. The highest BCUT2D eigenvalue weighted by atomic mass is 16.2. The number of hydrogen-bond acceptors (Lipinski definition) is 4. The first kappa shape index (κ1) is 14.3. The molecule has 0 radical (unpaired) electrons. The topological polar surface area (TPSA) is 71.3 Å². The molecule has 2 aromatic rings. The molecule has 20 heavy (non-hydrogen) atoms. The fraction of sp³-hybridized carbons (Fsp3) is 0.500. The minimum Gasteiger partial charge on any atom is -0.350 e. The molecule has 1 unspecified atom stereocenters. The zero-order valence-corrected chi connectivity index (χ0v) is 12.6. The van der Waals surface area contributed by atoms with Crippen LogP contribution in [0.2, 0.25) is 0 Å². The summed E-state index contributed by atoms with van der Waals surface area (Å²) in [6.45, 7) is 9.63. The van der Waals surface area contributed by atoms with Gasteiger partial charge in [0.15, 0.2) is 5.65 Å². The number of rotatable bonds is 3. The van der Waals surface area contributed by atoms with Crippen molar-refractivity contribution in [2.24, 2.45) is 0 Å². The van der Waals surface area contributed by atoms with Crippen LogP contribution in [0.1, 0.15) is 33.3 Å². The van der Waals surface area contributed by atoms with Crippen LogP contribution >= 0.6 is 0 Å². The number of nitrogens with zero attached hydrogens (tertiary/aromatic N) is 3. The second kappa shape index (κ2) is 5.11. The van der Waals surface area contributed by atoms with Crippen molar-refractivity contribution in [2.75, 3.05) is 5.32 Å². The molecule has 0 saturated heterocycles. The summed E-state index contributed by atoms with van der Waals surface area (Å²) in [5, 5.41) is 10.2. The van der Waals surface area contributed by atoms with Crippen molar-refractivity contribution in [2.45, 2.75) is 46.2 Å². The lowest BCUT2D eigenvalue weighted by molar-refractivity contribution is -0.122. The van der Waals surface area contributed by atoms with E-state index in [1.807, 2.05) is 46.0 Å². The number of aryl methyl sites for hydroxylation is 1. The van der Waals surface area contributed by atoms with Gasteiger partial charge in [0, 0.05) is 11.7 Å². The van der Waals surface area contributed by atoms with Crippen LogP contribution in [0, 0.1) is 6.92 Å². The standard InChI is InChI=1S/C14H21N5O/c1-9-6-7-11-16-13(18-19(11)8-9)15-10(2)12(20)17-14(3,4)5/h6-8,10H,1-5H3,(H,15,18)(H,17,20). The molecule has 2 rings (SSSR count). The summed E-state index contributed by atoms with van der Waals surface area (Å²) in [5.41, 5.74) is 1.60. The Labute approximate surface area is 118 Å². The quantitative estimate of drug-likeness (QED) is 0.895. The Hall–Kier alpha value is -2.11. The van der Waals surface area contributed by atoms with Gasteiger partial charge in [-0.2, -0.15) is 4.98 Å². The molecule has 0 fully saturated rings. The summed E-state index contributed by atoms with van der Waals surface area (Å²) in [7, 11) is 0. The molecule has 0 aliphatic carbocycles. The van der Waals surface area contributed by atoms with E-state index in [2.05, 4.69) is 20.7 Å². The Bertz CT molecular complexity index is 626. The second-order valence-corrected chi connectivity index (χ2v) is 6.05. The molecule has 0 spiro atoms. The number of pyridine rings is 1. The maximum Gasteiger partial charge on any atom is 0.243 e. The van der Waals surface area contributed by atoms with Gasteiger partial charge in [-0.05, 0) is 46.2 Å². The van der Waals surface area contributed by atoms with Gasteiger partial charge >= 0.3 is 0 Å². The zero-order valence-electron chi connectivity index (χ0n) is 12.6. The lowest BCUT2D eigenvalue weighted by Gasteiger charge is -2.23.